The average molecular weight is 474 g/mol. The molecule has 4 rings (SSSR count). The summed E-state index contributed by atoms with van der Waals surface area (Å²) in [5.41, 5.74) is 1.28. The second-order valence-corrected chi connectivity index (χ2v) is 9.94. The summed E-state index contributed by atoms with van der Waals surface area (Å²) in [6.07, 6.45) is 1.97. The predicted molar refractivity (Wildman–Crippen MR) is 124 cm³/mol. The number of benzene rings is 1. The van der Waals surface area contributed by atoms with Gasteiger partial charge in [-0.25, -0.2) is 0 Å². The molecule has 1 aliphatic rings. The minimum Gasteiger partial charge on any atom is -0.325 e. The fourth-order valence-corrected chi connectivity index (χ4v) is 5.18. The van der Waals surface area contributed by atoms with Crippen molar-refractivity contribution in [1.82, 2.24) is 10.2 Å². The number of rotatable bonds is 8. The number of aromatic nitrogens is 2. The summed E-state index contributed by atoms with van der Waals surface area (Å²) in [5, 5.41) is 16.3. The van der Waals surface area contributed by atoms with Crippen molar-refractivity contribution in [3.63, 3.8) is 0 Å². The van der Waals surface area contributed by atoms with Crippen LogP contribution in [0.1, 0.15) is 29.4 Å². The lowest BCUT2D eigenvalue weighted by Gasteiger charge is -2.15. The number of nitrogens with zero attached hydrogens (tertiary/aromatic N) is 3. The van der Waals surface area contributed by atoms with Gasteiger partial charge >= 0.3 is 0 Å². The molecule has 0 saturated heterocycles. The van der Waals surface area contributed by atoms with Crippen LogP contribution in [0.3, 0.4) is 0 Å². The molecule has 0 atom stereocenters. The minimum atomic E-state index is -0.178. The van der Waals surface area contributed by atoms with Gasteiger partial charge in [0.1, 0.15) is 0 Å². The highest BCUT2D eigenvalue weighted by Gasteiger charge is 2.34. The van der Waals surface area contributed by atoms with Crippen LogP contribution in [0.25, 0.3) is 0 Å². The van der Waals surface area contributed by atoms with E-state index in [1.165, 1.54) is 41.4 Å². The Morgan fingerprint density at radius 1 is 1.10 bits per heavy atom. The highest BCUT2D eigenvalue weighted by Crippen LogP contribution is 2.35. The van der Waals surface area contributed by atoms with Crippen LogP contribution in [0.4, 0.5) is 16.5 Å². The molecule has 0 spiro atoms. The van der Waals surface area contributed by atoms with E-state index in [9.17, 15) is 14.4 Å². The molecule has 160 valence electrons. The molecule has 1 fully saturated rings. The van der Waals surface area contributed by atoms with Gasteiger partial charge < -0.3 is 10.6 Å². The Labute approximate surface area is 191 Å². The maximum atomic E-state index is 12.3. The highest BCUT2D eigenvalue weighted by molar-refractivity contribution is 8.01. The maximum Gasteiger partial charge on any atom is 0.265 e. The van der Waals surface area contributed by atoms with Crippen molar-refractivity contribution in [3.8, 4) is 0 Å². The van der Waals surface area contributed by atoms with Gasteiger partial charge in [-0.2, -0.15) is 0 Å². The second kappa shape index (κ2) is 9.58. The first kappa shape index (κ1) is 21.5. The van der Waals surface area contributed by atoms with Gasteiger partial charge in [0.05, 0.1) is 10.6 Å². The number of hydrogen-bond donors (Lipinski definition) is 2. The molecular formula is C20H19N5O3S3. The van der Waals surface area contributed by atoms with Gasteiger partial charge in [-0.05, 0) is 48.6 Å². The van der Waals surface area contributed by atoms with Gasteiger partial charge in [-0.15, -0.1) is 21.5 Å². The fourth-order valence-electron chi connectivity index (χ4n) is 2.80. The standard InChI is InChI=1S/C20H19N5O3S3/c1-12(26)25(15-8-9-15)19-23-24-20(31-19)30-11-17(27)21-13-4-6-14(7-5-13)22-18(28)16-3-2-10-29-16/h2-7,10,15H,8-9,11H2,1H3,(H,21,27)(H,22,28). The van der Waals surface area contributed by atoms with E-state index in [1.54, 1.807) is 35.2 Å². The smallest absolute Gasteiger partial charge is 0.265 e. The third kappa shape index (κ3) is 5.69. The summed E-state index contributed by atoms with van der Waals surface area (Å²) in [4.78, 5) is 38.5. The molecule has 1 aromatic carbocycles. The Hall–Kier alpha value is -2.76. The molecule has 1 saturated carbocycles. The quantitative estimate of drug-likeness (QED) is 0.377. The third-order valence-corrected chi connectivity index (χ3v) is 7.28. The summed E-state index contributed by atoms with van der Waals surface area (Å²) in [6.45, 7) is 1.53. The molecule has 2 aromatic heterocycles. The van der Waals surface area contributed by atoms with E-state index < -0.39 is 0 Å². The molecule has 0 bridgehead atoms. The van der Waals surface area contributed by atoms with Crippen molar-refractivity contribution in [1.29, 1.82) is 0 Å². The topological polar surface area (TPSA) is 104 Å². The van der Waals surface area contributed by atoms with Crippen molar-refractivity contribution >= 4 is 68.7 Å². The van der Waals surface area contributed by atoms with E-state index in [0.717, 1.165) is 12.8 Å². The number of carbonyl (C=O) groups is 3. The number of thiophene rings is 1. The number of amides is 3. The Morgan fingerprint density at radius 3 is 2.42 bits per heavy atom. The van der Waals surface area contributed by atoms with Crippen molar-refractivity contribution in [2.75, 3.05) is 21.3 Å². The Bertz CT molecular complexity index is 1080. The van der Waals surface area contributed by atoms with Crippen LogP contribution < -0.4 is 15.5 Å². The molecular weight excluding hydrogens is 454 g/mol. The molecule has 0 aliphatic heterocycles. The lowest BCUT2D eigenvalue weighted by Crippen LogP contribution is -2.30. The molecule has 3 amide bonds. The number of hydrogen-bond acceptors (Lipinski definition) is 8. The zero-order valence-electron chi connectivity index (χ0n) is 16.5. The summed E-state index contributed by atoms with van der Waals surface area (Å²) >= 11 is 3.97. The normalized spacial score (nSPS) is 12.9. The molecule has 31 heavy (non-hydrogen) atoms. The van der Waals surface area contributed by atoms with Crippen LogP contribution in [0, 0.1) is 0 Å². The zero-order valence-corrected chi connectivity index (χ0v) is 19.0. The minimum absolute atomic E-state index is 0.0389. The van der Waals surface area contributed by atoms with Crippen molar-refractivity contribution in [2.45, 2.75) is 30.1 Å². The Kier molecular flexibility index (Phi) is 6.64. The van der Waals surface area contributed by atoms with E-state index in [1.807, 2.05) is 11.4 Å². The summed E-state index contributed by atoms with van der Waals surface area (Å²) in [5.74, 6) is -0.204. The number of anilines is 3. The Balaban J connectivity index is 1.26. The molecule has 2 heterocycles. The second-order valence-electron chi connectivity index (χ2n) is 6.82. The van der Waals surface area contributed by atoms with Crippen molar-refractivity contribution in [3.05, 3.63) is 46.7 Å². The van der Waals surface area contributed by atoms with Crippen LogP contribution in [0.2, 0.25) is 0 Å². The number of nitrogens with one attached hydrogen (secondary N) is 2. The van der Waals surface area contributed by atoms with E-state index in [0.29, 0.717) is 25.7 Å². The van der Waals surface area contributed by atoms with E-state index >= 15 is 0 Å². The molecule has 2 N–H and O–H groups in total. The number of carbonyl (C=O) groups excluding carboxylic acids is 3. The summed E-state index contributed by atoms with van der Waals surface area (Å²) in [6, 6.07) is 10.7. The Morgan fingerprint density at radius 2 is 1.81 bits per heavy atom. The van der Waals surface area contributed by atoms with Crippen LogP contribution in [-0.2, 0) is 9.59 Å². The van der Waals surface area contributed by atoms with E-state index in [2.05, 4.69) is 20.8 Å². The third-order valence-electron chi connectivity index (χ3n) is 4.35. The summed E-state index contributed by atoms with van der Waals surface area (Å²) in [7, 11) is 0. The fraction of sp³-hybridized carbons (Fsp3) is 0.250. The average Bonchev–Trinajstić information content (AvgIpc) is 3.22. The van der Waals surface area contributed by atoms with Gasteiger partial charge in [0.2, 0.25) is 16.9 Å². The van der Waals surface area contributed by atoms with Gasteiger partial charge in [0.25, 0.3) is 5.91 Å². The van der Waals surface area contributed by atoms with Crippen LogP contribution >= 0.6 is 34.4 Å². The molecule has 8 nitrogen and oxygen atoms in total. The first-order chi connectivity index (χ1) is 15.0. The number of thioether (sulfide) groups is 1. The zero-order chi connectivity index (χ0) is 21.8. The summed E-state index contributed by atoms with van der Waals surface area (Å²) < 4.78 is 0.642. The van der Waals surface area contributed by atoms with Crippen LogP contribution in [0.15, 0.2) is 46.1 Å². The van der Waals surface area contributed by atoms with Gasteiger partial charge in [0.15, 0.2) is 4.34 Å². The predicted octanol–water partition coefficient (Wildman–Crippen LogP) is 4.10. The van der Waals surface area contributed by atoms with Crippen molar-refractivity contribution < 1.29 is 14.4 Å². The maximum absolute atomic E-state index is 12.3. The van der Waals surface area contributed by atoms with E-state index in [-0.39, 0.29) is 29.5 Å². The van der Waals surface area contributed by atoms with Crippen LogP contribution in [-0.4, -0.2) is 39.7 Å². The first-order valence-corrected chi connectivity index (χ1v) is 12.2. The molecule has 11 heteroatoms. The van der Waals surface area contributed by atoms with Gasteiger partial charge in [-0.3, -0.25) is 19.3 Å². The lowest BCUT2D eigenvalue weighted by molar-refractivity contribution is -0.116. The molecule has 0 unspecified atom stereocenters. The molecule has 3 aromatic rings. The lowest BCUT2D eigenvalue weighted by atomic mass is 10.2. The van der Waals surface area contributed by atoms with Gasteiger partial charge in [0, 0.05) is 24.3 Å². The highest BCUT2D eigenvalue weighted by atomic mass is 32.2. The van der Waals surface area contributed by atoms with E-state index in [4.69, 9.17) is 0 Å². The largest absolute Gasteiger partial charge is 0.325 e. The molecule has 1 aliphatic carbocycles. The SMILES string of the molecule is CC(=O)N(c1nnc(SCC(=O)Nc2ccc(NC(=O)c3cccs3)cc2)s1)C1CC1. The van der Waals surface area contributed by atoms with Crippen LogP contribution in [0.5, 0.6) is 0 Å². The van der Waals surface area contributed by atoms with Gasteiger partial charge in [-0.1, -0.05) is 29.2 Å². The monoisotopic (exact) mass is 473 g/mol. The molecule has 0 radical (unpaired) electrons. The van der Waals surface area contributed by atoms with Crippen molar-refractivity contribution in [2.24, 2.45) is 0 Å². The first-order valence-electron chi connectivity index (χ1n) is 9.50.